The first kappa shape index (κ1) is 11.8. The van der Waals surface area contributed by atoms with Crippen LogP contribution in [0.5, 0.6) is 0 Å². The minimum absolute atomic E-state index is 0.0439. The molecule has 1 atom stereocenters. The van der Waals surface area contributed by atoms with Crippen molar-refractivity contribution in [1.29, 1.82) is 0 Å². The average Bonchev–Trinajstić information content (AvgIpc) is 2.71. The maximum absolute atomic E-state index is 13.6. The smallest absolute Gasteiger partial charge is 0.126 e. The quantitative estimate of drug-likeness (QED) is 0.880. The number of aryl methyl sites for hydroxylation is 2. The molecule has 0 amide bonds. The molecule has 17 heavy (non-hydrogen) atoms. The second-order valence-corrected chi connectivity index (χ2v) is 4.16. The van der Waals surface area contributed by atoms with Gasteiger partial charge in [0, 0.05) is 7.05 Å². The van der Waals surface area contributed by atoms with Crippen molar-refractivity contribution in [2.24, 2.45) is 7.05 Å². The summed E-state index contributed by atoms with van der Waals surface area (Å²) in [7, 11) is 3.78. The number of halogens is 1. The van der Waals surface area contributed by atoms with Crippen molar-refractivity contribution in [2.45, 2.75) is 13.0 Å². The molecule has 0 spiro atoms. The van der Waals surface area contributed by atoms with Crippen molar-refractivity contribution >= 4 is 0 Å². The molecule has 0 bridgehead atoms. The molecule has 1 aromatic heterocycles. The van der Waals surface area contributed by atoms with Crippen LogP contribution in [0.1, 0.15) is 22.9 Å². The zero-order valence-electron chi connectivity index (χ0n) is 10.2. The molecule has 0 aliphatic rings. The highest BCUT2D eigenvalue weighted by Gasteiger charge is 2.16. The number of nitrogens with one attached hydrogen (secondary N) is 1. The Kier molecular flexibility index (Phi) is 3.24. The van der Waals surface area contributed by atoms with Crippen LogP contribution >= 0.6 is 0 Å². The van der Waals surface area contributed by atoms with E-state index in [1.807, 2.05) is 24.7 Å². The summed E-state index contributed by atoms with van der Waals surface area (Å²) in [6, 6.07) is 5.26. The lowest BCUT2D eigenvalue weighted by atomic mass is 10.0. The summed E-state index contributed by atoms with van der Waals surface area (Å²) in [6.07, 6.45) is 3.53. The van der Waals surface area contributed by atoms with Crippen molar-refractivity contribution in [3.05, 3.63) is 53.4 Å². The second-order valence-electron chi connectivity index (χ2n) is 4.16. The van der Waals surface area contributed by atoms with Crippen LogP contribution in [0.15, 0.2) is 30.7 Å². The number of rotatable bonds is 3. The summed E-state index contributed by atoms with van der Waals surface area (Å²) in [5, 5.41) is 3.18. The largest absolute Gasteiger partial charge is 0.336 e. The lowest BCUT2D eigenvalue weighted by molar-refractivity contribution is 0.599. The van der Waals surface area contributed by atoms with Crippen molar-refractivity contribution in [1.82, 2.24) is 14.9 Å². The fraction of sp³-hybridized carbons (Fsp3) is 0.308. The minimum atomic E-state index is -0.176. The van der Waals surface area contributed by atoms with E-state index in [0.29, 0.717) is 5.56 Å². The third-order valence-corrected chi connectivity index (χ3v) is 2.97. The van der Waals surface area contributed by atoms with E-state index in [0.717, 1.165) is 11.3 Å². The second kappa shape index (κ2) is 4.67. The van der Waals surface area contributed by atoms with Gasteiger partial charge in [-0.25, -0.2) is 9.37 Å². The zero-order chi connectivity index (χ0) is 12.4. The Morgan fingerprint density at radius 1 is 1.41 bits per heavy atom. The zero-order valence-corrected chi connectivity index (χ0v) is 10.2. The van der Waals surface area contributed by atoms with Crippen LogP contribution in [-0.4, -0.2) is 16.6 Å². The molecule has 1 unspecified atom stereocenters. The van der Waals surface area contributed by atoms with Gasteiger partial charge in [-0.05, 0) is 31.2 Å². The fourth-order valence-electron chi connectivity index (χ4n) is 1.92. The van der Waals surface area contributed by atoms with Gasteiger partial charge in [0.15, 0.2) is 0 Å². The first-order valence-electron chi connectivity index (χ1n) is 5.53. The Morgan fingerprint density at radius 2 is 2.18 bits per heavy atom. The Labute approximate surface area is 100 Å². The van der Waals surface area contributed by atoms with E-state index in [-0.39, 0.29) is 11.9 Å². The van der Waals surface area contributed by atoms with Crippen LogP contribution in [-0.2, 0) is 7.05 Å². The third kappa shape index (κ3) is 2.22. The normalized spacial score (nSPS) is 12.7. The highest BCUT2D eigenvalue weighted by atomic mass is 19.1. The Hall–Kier alpha value is -1.68. The molecule has 0 saturated carbocycles. The molecule has 1 aromatic carbocycles. The molecule has 0 radical (unpaired) electrons. The molecule has 2 rings (SSSR count). The topological polar surface area (TPSA) is 29.9 Å². The standard InChI is InChI=1S/C13H16FN3/c1-9-4-5-10(6-11(9)14)13(15-2)12-7-16-8-17(12)3/h4-8,13,15H,1-3H3. The summed E-state index contributed by atoms with van der Waals surface area (Å²) in [4.78, 5) is 4.09. The van der Waals surface area contributed by atoms with Gasteiger partial charge in [-0.3, -0.25) is 0 Å². The number of imidazole rings is 1. The summed E-state index contributed by atoms with van der Waals surface area (Å²) < 4.78 is 15.5. The Morgan fingerprint density at radius 3 is 2.71 bits per heavy atom. The predicted molar refractivity (Wildman–Crippen MR) is 65.2 cm³/mol. The van der Waals surface area contributed by atoms with Gasteiger partial charge in [0.2, 0.25) is 0 Å². The van der Waals surface area contributed by atoms with Crippen LogP contribution in [0, 0.1) is 12.7 Å². The summed E-state index contributed by atoms with van der Waals surface area (Å²) in [5.41, 5.74) is 2.57. The molecule has 0 aliphatic carbocycles. The number of hydrogen-bond acceptors (Lipinski definition) is 2. The van der Waals surface area contributed by atoms with E-state index in [1.165, 1.54) is 0 Å². The van der Waals surface area contributed by atoms with E-state index in [9.17, 15) is 4.39 Å². The van der Waals surface area contributed by atoms with Gasteiger partial charge in [0.25, 0.3) is 0 Å². The summed E-state index contributed by atoms with van der Waals surface area (Å²) >= 11 is 0. The highest BCUT2D eigenvalue weighted by Crippen LogP contribution is 2.22. The molecule has 0 aliphatic heterocycles. The Balaban J connectivity index is 2.42. The number of hydrogen-bond donors (Lipinski definition) is 1. The van der Waals surface area contributed by atoms with Crippen LogP contribution < -0.4 is 5.32 Å². The minimum Gasteiger partial charge on any atom is -0.336 e. The molecule has 3 nitrogen and oxygen atoms in total. The summed E-state index contributed by atoms with van der Waals surface area (Å²) in [6.45, 7) is 1.76. The van der Waals surface area contributed by atoms with Crippen LogP contribution in [0.4, 0.5) is 4.39 Å². The van der Waals surface area contributed by atoms with Crippen molar-refractivity contribution < 1.29 is 4.39 Å². The van der Waals surface area contributed by atoms with Gasteiger partial charge in [-0.1, -0.05) is 12.1 Å². The van der Waals surface area contributed by atoms with E-state index in [4.69, 9.17) is 0 Å². The van der Waals surface area contributed by atoms with Gasteiger partial charge < -0.3 is 9.88 Å². The predicted octanol–water partition coefficient (Wildman–Crippen LogP) is 2.18. The van der Waals surface area contributed by atoms with Crippen LogP contribution in [0.25, 0.3) is 0 Å². The number of benzene rings is 1. The van der Waals surface area contributed by atoms with Gasteiger partial charge in [0.1, 0.15) is 5.82 Å². The van der Waals surface area contributed by atoms with E-state index in [1.54, 1.807) is 31.6 Å². The molecule has 0 saturated heterocycles. The summed E-state index contributed by atoms with van der Waals surface area (Å²) in [5.74, 6) is -0.176. The number of nitrogens with zero attached hydrogens (tertiary/aromatic N) is 2. The monoisotopic (exact) mass is 233 g/mol. The molecule has 0 fully saturated rings. The van der Waals surface area contributed by atoms with Gasteiger partial charge >= 0.3 is 0 Å². The lowest BCUT2D eigenvalue weighted by Crippen LogP contribution is -2.20. The molecular formula is C13H16FN3. The Bertz CT molecular complexity index is 519. The van der Waals surface area contributed by atoms with E-state index < -0.39 is 0 Å². The molecule has 2 aromatic rings. The lowest BCUT2D eigenvalue weighted by Gasteiger charge is -2.17. The van der Waals surface area contributed by atoms with Gasteiger partial charge in [-0.15, -0.1) is 0 Å². The SMILES string of the molecule is CNC(c1ccc(C)c(F)c1)c1cncn1C. The average molecular weight is 233 g/mol. The van der Waals surface area contributed by atoms with Crippen molar-refractivity contribution in [3.63, 3.8) is 0 Å². The molecule has 1 N–H and O–H groups in total. The van der Waals surface area contributed by atoms with Gasteiger partial charge in [-0.2, -0.15) is 0 Å². The third-order valence-electron chi connectivity index (χ3n) is 2.97. The maximum Gasteiger partial charge on any atom is 0.126 e. The van der Waals surface area contributed by atoms with E-state index >= 15 is 0 Å². The number of aromatic nitrogens is 2. The maximum atomic E-state index is 13.6. The molecule has 90 valence electrons. The fourth-order valence-corrected chi connectivity index (χ4v) is 1.92. The van der Waals surface area contributed by atoms with Crippen molar-refractivity contribution in [3.8, 4) is 0 Å². The molecule has 1 heterocycles. The van der Waals surface area contributed by atoms with Gasteiger partial charge in [0.05, 0.1) is 24.3 Å². The highest BCUT2D eigenvalue weighted by molar-refractivity contribution is 5.30. The van der Waals surface area contributed by atoms with Crippen molar-refractivity contribution in [2.75, 3.05) is 7.05 Å². The first-order valence-corrected chi connectivity index (χ1v) is 5.53. The van der Waals surface area contributed by atoms with Crippen LogP contribution in [0.2, 0.25) is 0 Å². The molecule has 4 heteroatoms. The first-order chi connectivity index (χ1) is 8.13. The van der Waals surface area contributed by atoms with Crippen LogP contribution in [0.3, 0.4) is 0 Å². The molecular weight excluding hydrogens is 217 g/mol. The van der Waals surface area contributed by atoms with E-state index in [2.05, 4.69) is 10.3 Å².